The summed E-state index contributed by atoms with van der Waals surface area (Å²) in [5.41, 5.74) is 21.4. The standard InChI is InChI=1S/C65H70IN3S/c1-39-34-44(64(12,13)14)36-51-58(39)69(55-33-28-43(63(9,10)11)35-50(55)65(51,15)16)53-23-19-22-52(40(53)2)68(46-31-26-42(27-32-46)62(6,7)8)59-49-37-56-48(38-57(49)70-60(59)66)47-20-17-18-21-54(47)67(56)45-29-24-41(25-30-45)61(3,4)5/h17-38H,1-16H3. The highest BCUT2D eigenvalue weighted by molar-refractivity contribution is 14.1. The number of hydrogen-bond donors (Lipinski definition) is 0. The Morgan fingerprint density at radius 2 is 1.10 bits per heavy atom. The van der Waals surface area contributed by atoms with Crippen LogP contribution in [0.1, 0.15) is 141 Å². The smallest absolute Gasteiger partial charge is 0.0906 e. The molecule has 1 aliphatic rings. The van der Waals surface area contributed by atoms with Crippen LogP contribution < -0.4 is 9.80 Å². The number of nitrogens with zero attached hydrogens (tertiary/aromatic N) is 3. The Balaban J connectivity index is 1.24. The van der Waals surface area contributed by atoms with Gasteiger partial charge in [0, 0.05) is 37.6 Å². The fourth-order valence-corrected chi connectivity index (χ4v) is 13.1. The molecule has 5 heteroatoms. The van der Waals surface area contributed by atoms with Gasteiger partial charge in [-0.15, -0.1) is 11.3 Å². The van der Waals surface area contributed by atoms with E-state index in [0.717, 1.165) is 5.69 Å². The fourth-order valence-electron chi connectivity index (χ4n) is 10.9. The third-order valence-electron chi connectivity index (χ3n) is 15.2. The van der Waals surface area contributed by atoms with Gasteiger partial charge in [-0.3, -0.25) is 0 Å². The highest BCUT2D eigenvalue weighted by Crippen LogP contribution is 2.57. The zero-order valence-corrected chi connectivity index (χ0v) is 47.3. The van der Waals surface area contributed by atoms with Crippen molar-refractivity contribution in [1.82, 2.24) is 4.57 Å². The average molecular weight is 1050 g/mol. The van der Waals surface area contributed by atoms with Crippen LogP contribution in [0.25, 0.3) is 37.6 Å². The SMILES string of the molecule is Cc1cc(C(C)(C)C)cc2c1N(c1cccc(N(c3ccc(C(C)(C)C)cc3)c3c(I)sc4cc5c6ccccc6n(-c6ccc(C(C)(C)C)cc6)c5cc34)c1C)c1ccc(C(C)(C)C)cc1C2(C)C. The van der Waals surface area contributed by atoms with Crippen LogP contribution in [-0.2, 0) is 27.1 Å². The Bertz CT molecular complexity index is 3520. The molecule has 0 fully saturated rings. The molecule has 358 valence electrons. The highest BCUT2D eigenvalue weighted by atomic mass is 127. The van der Waals surface area contributed by atoms with Crippen molar-refractivity contribution < 1.29 is 0 Å². The maximum Gasteiger partial charge on any atom is 0.0906 e. The summed E-state index contributed by atoms with van der Waals surface area (Å²) < 4.78 is 5.01. The van der Waals surface area contributed by atoms with Crippen LogP contribution in [0.4, 0.5) is 34.1 Å². The average Bonchev–Trinajstić information content (AvgIpc) is 3.78. The molecular formula is C65H70IN3S. The van der Waals surface area contributed by atoms with Gasteiger partial charge in [0.1, 0.15) is 0 Å². The lowest BCUT2D eigenvalue weighted by Crippen LogP contribution is -2.33. The van der Waals surface area contributed by atoms with Gasteiger partial charge in [0.15, 0.2) is 0 Å². The normalized spacial score (nSPS) is 14.2. The molecule has 0 saturated heterocycles. The number of anilines is 6. The number of rotatable bonds is 5. The van der Waals surface area contributed by atoms with Gasteiger partial charge in [-0.2, -0.15) is 0 Å². The molecule has 0 atom stereocenters. The molecule has 70 heavy (non-hydrogen) atoms. The lowest BCUT2D eigenvalue weighted by atomic mass is 9.69. The second-order valence-electron chi connectivity index (χ2n) is 24.7. The van der Waals surface area contributed by atoms with E-state index in [2.05, 4.69) is 281 Å². The number of halogens is 1. The van der Waals surface area contributed by atoms with E-state index in [1.165, 1.54) is 113 Å². The largest absolute Gasteiger partial charge is 0.309 e. The van der Waals surface area contributed by atoms with Gasteiger partial charge >= 0.3 is 0 Å². The number of thiophene rings is 1. The maximum atomic E-state index is 2.63. The minimum absolute atomic E-state index is 0.00435. The first-order valence-electron chi connectivity index (χ1n) is 25.1. The van der Waals surface area contributed by atoms with Gasteiger partial charge in [0.2, 0.25) is 0 Å². The molecule has 7 aromatic carbocycles. The van der Waals surface area contributed by atoms with Crippen molar-refractivity contribution in [2.24, 2.45) is 0 Å². The zero-order chi connectivity index (χ0) is 50.2. The molecular weight excluding hydrogens is 982 g/mol. The zero-order valence-electron chi connectivity index (χ0n) is 44.3. The molecule has 10 rings (SSSR count). The van der Waals surface area contributed by atoms with E-state index in [1.54, 1.807) is 0 Å². The van der Waals surface area contributed by atoms with Crippen molar-refractivity contribution in [3.05, 3.63) is 181 Å². The van der Waals surface area contributed by atoms with Crippen LogP contribution in [0, 0.1) is 16.7 Å². The summed E-state index contributed by atoms with van der Waals surface area (Å²) in [6, 6.07) is 51.7. The van der Waals surface area contributed by atoms with E-state index in [9.17, 15) is 0 Å². The molecule has 0 saturated carbocycles. The Morgan fingerprint density at radius 3 is 1.73 bits per heavy atom. The predicted molar refractivity (Wildman–Crippen MR) is 315 cm³/mol. The van der Waals surface area contributed by atoms with Gasteiger partial charge in [0.05, 0.1) is 42.4 Å². The summed E-state index contributed by atoms with van der Waals surface area (Å²) in [5, 5.41) is 3.79. The minimum Gasteiger partial charge on any atom is -0.309 e. The lowest BCUT2D eigenvalue weighted by molar-refractivity contribution is 0.572. The van der Waals surface area contributed by atoms with Crippen molar-refractivity contribution in [3.63, 3.8) is 0 Å². The Hall–Kier alpha value is -5.37. The van der Waals surface area contributed by atoms with E-state index in [1.807, 2.05) is 11.3 Å². The second-order valence-corrected chi connectivity index (χ2v) is 27.5. The molecule has 0 amide bonds. The first kappa shape index (κ1) is 48.3. The Kier molecular flexibility index (Phi) is 11.4. The van der Waals surface area contributed by atoms with E-state index in [4.69, 9.17) is 0 Å². The van der Waals surface area contributed by atoms with Crippen molar-refractivity contribution in [3.8, 4) is 5.69 Å². The minimum atomic E-state index is -0.227. The number of benzene rings is 7. The lowest BCUT2D eigenvalue weighted by Gasteiger charge is -2.45. The first-order valence-corrected chi connectivity index (χ1v) is 27.0. The summed E-state index contributed by atoms with van der Waals surface area (Å²) in [5.74, 6) is 0. The number of aryl methyl sites for hydroxylation is 1. The molecule has 0 bridgehead atoms. The summed E-state index contributed by atoms with van der Waals surface area (Å²) in [6.45, 7) is 37.3. The summed E-state index contributed by atoms with van der Waals surface area (Å²) in [6.07, 6.45) is 0. The van der Waals surface area contributed by atoms with Crippen LogP contribution in [0.15, 0.2) is 133 Å². The molecule has 0 spiro atoms. The first-order chi connectivity index (χ1) is 32.7. The van der Waals surface area contributed by atoms with Gasteiger partial charge in [0.25, 0.3) is 0 Å². The fraction of sp³-hybridized carbons (Fsp3) is 0.323. The highest BCUT2D eigenvalue weighted by Gasteiger charge is 2.40. The number of para-hydroxylation sites is 1. The molecule has 2 aromatic heterocycles. The van der Waals surface area contributed by atoms with E-state index < -0.39 is 0 Å². The topological polar surface area (TPSA) is 11.4 Å². The Labute approximate surface area is 435 Å². The van der Waals surface area contributed by atoms with Crippen LogP contribution in [0.3, 0.4) is 0 Å². The Morgan fingerprint density at radius 1 is 0.514 bits per heavy atom. The predicted octanol–water partition coefficient (Wildman–Crippen LogP) is 20.0. The molecule has 0 aliphatic carbocycles. The van der Waals surface area contributed by atoms with Gasteiger partial charge in [-0.25, -0.2) is 0 Å². The molecule has 1 aliphatic heterocycles. The monoisotopic (exact) mass is 1050 g/mol. The van der Waals surface area contributed by atoms with E-state index in [0.29, 0.717) is 0 Å². The van der Waals surface area contributed by atoms with E-state index >= 15 is 0 Å². The van der Waals surface area contributed by atoms with Gasteiger partial charge in [-0.05, 0) is 163 Å². The summed E-state index contributed by atoms with van der Waals surface area (Å²) in [4.78, 5) is 5.17. The third-order valence-corrected chi connectivity index (χ3v) is 17.3. The summed E-state index contributed by atoms with van der Waals surface area (Å²) >= 11 is 4.52. The number of aromatic nitrogens is 1. The third kappa shape index (κ3) is 7.98. The summed E-state index contributed by atoms with van der Waals surface area (Å²) in [7, 11) is 0. The van der Waals surface area contributed by atoms with E-state index in [-0.39, 0.29) is 27.1 Å². The molecule has 0 radical (unpaired) electrons. The quantitative estimate of drug-likeness (QED) is 0.159. The maximum absolute atomic E-state index is 2.63. The van der Waals surface area contributed by atoms with Crippen molar-refractivity contribution in [1.29, 1.82) is 0 Å². The molecule has 0 unspecified atom stereocenters. The van der Waals surface area contributed by atoms with Gasteiger partial charge in [-0.1, -0.05) is 170 Å². The molecule has 3 nitrogen and oxygen atoms in total. The van der Waals surface area contributed by atoms with Crippen LogP contribution in [0.2, 0.25) is 0 Å². The van der Waals surface area contributed by atoms with Crippen LogP contribution in [-0.4, -0.2) is 4.57 Å². The molecule has 9 aromatic rings. The second kappa shape index (κ2) is 16.6. The van der Waals surface area contributed by atoms with Gasteiger partial charge < -0.3 is 14.4 Å². The van der Waals surface area contributed by atoms with Crippen molar-refractivity contribution >= 4 is 99.9 Å². The van der Waals surface area contributed by atoms with Crippen LogP contribution in [0.5, 0.6) is 0 Å². The molecule has 0 N–H and O–H groups in total. The molecule has 3 heterocycles. The van der Waals surface area contributed by atoms with Crippen molar-refractivity contribution in [2.75, 3.05) is 9.80 Å². The van der Waals surface area contributed by atoms with Crippen LogP contribution >= 0.6 is 33.9 Å². The number of hydrogen-bond acceptors (Lipinski definition) is 3. The van der Waals surface area contributed by atoms with Crippen molar-refractivity contribution in [2.45, 2.75) is 138 Å². The number of fused-ring (bicyclic) bond motifs is 6.